The maximum Gasteiger partial charge on any atom is 0.434 e. The number of imide groups is 1. The number of fused-ring (bicyclic) bond motifs is 1. The standard InChI is InChI=1S/C16H9F3N2O4S/c17-16(18,19)13(10-6-2-1-3-7-10)20-15(23)21-14(22)11-8-4-5-9-12(11)26(21,24)25/h1-9H. The first-order valence-corrected chi connectivity index (χ1v) is 8.52. The van der Waals surface area contributed by atoms with E-state index in [9.17, 15) is 31.2 Å². The normalized spacial score (nSPS) is 16.5. The van der Waals surface area contributed by atoms with E-state index in [1.54, 1.807) is 0 Å². The molecular weight excluding hydrogens is 373 g/mol. The van der Waals surface area contributed by atoms with Crippen molar-refractivity contribution in [3.63, 3.8) is 0 Å². The average Bonchev–Trinajstić information content (AvgIpc) is 2.79. The number of carbonyl (C=O) groups is 2. The van der Waals surface area contributed by atoms with E-state index in [0.29, 0.717) is 0 Å². The molecule has 1 aliphatic heterocycles. The Morgan fingerprint density at radius 2 is 1.54 bits per heavy atom. The Balaban J connectivity index is 2.09. The van der Waals surface area contributed by atoms with Crippen LogP contribution in [0, 0.1) is 0 Å². The van der Waals surface area contributed by atoms with Crippen molar-refractivity contribution >= 4 is 27.7 Å². The molecule has 134 valence electrons. The molecule has 3 amide bonds. The highest BCUT2D eigenvalue weighted by Gasteiger charge is 2.46. The van der Waals surface area contributed by atoms with Gasteiger partial charge in [0.2, 0.25) is 0 Å². The zero-order valence-corrected chi connectivity index (χ0v) is 13.6. The second kappa shape index (κ2) is 6.06. The van der Waals surface area contributed by atoms with E-state index in [-0.39, 0.29) is 9.87 Å². The van der Waals surface area contributed by atoms with Gasteiger partial charge in [-0.3, -0.25) is 4.79 Å². The van der Waals surface area contributed by atoms with Gasteiger partial charge < -0.3 is 0 Å². The highest BCUT2D eigenvalue weighted by Crippen LogP contribution is 2.31. The lowest BCUT2D eigenvalue weighted by molar-refractivity contribution is -0.0581. The molecule has 10 heteroatoms. The van der Waals surface area contributed by atoms with Gasteiger partial charge in [-0.25, -0.2) is 13.2 Å². The summed E-state index contributed by atoms with van der Waals surface area (Å²) in [5, 5.41) is 0. The summed E-state index contributed by atoms with van der Waals surface area (Å²) in [5.41, 5.74) is -2.33. The van der Waals surface area contributed by atoms with Crippen LogP contribution in [0.3, 0.4) is 0 Å². The number of carbonyl (C=O) groups excluding carboxylic acids is 2. The van der Waals surface area contributed by atoms with Gasteiger partial charge in [0.1, 0.15) is 4.90 Å². The molecule has 2 aromatic rings. The molecule has 0 N–H and O–H groups in total. The first-order chi connectivity index (χ1) is 12.1. The molecule has 1 heterocycles. The van der Waals surface area contributed by atoms with Gasteiger partial charge in [-0.1, -0.05) is 42.5 Å². The quantitative estimate of drug-likeness (QED) is 0.710. The Morgan fingerprint density at radius 3 is 2.12 bits per heavy atom. The van der Waals surface area contributed by atoms with Crippen LogP contribution in [0.1, 0.15) is 15.9 Å². The first-order valence-electron chi connectivity index (χ1n) is 7.08. The maximum atomic E-state index is 13.3. The van der Waals surface area contributed by atoms with E-state index in [1.807, 2.05) is 0 Å². The Kier molecular flexibility index (Phi) is 4.15. The van der Waals surface area contributed by atoms with Crippen molar-refractivity contribution < 1.29 is 31.2 Å². The first kappa shape index (κ1) is 17.8. The van der Waals surface area contributed by atoms with Gasteiger partial charge in [-0.2, -0.15) is 18.2 Å². The summed E-state index contributed by atoms with van der Waals surface area (Å²) in [6.07, 6.45) is -5.03. The molecular formula is C16H9F3N2O4S. The molecule has 0 saturated heterocycles. The van der Waals surface area contributed by atoms with Gasteiger partial charge in [0.25, 0.3) is 15.9 Å². The van der Waals surface area contributed by atoms with Gasteiger partial charge in [-0.15, -0.1) is 4.31 Å². The van der Waals surface area contributed by atoms with Gasteiger partial charge in [0.05, 0.1) is 5.56 Å². The van der Waals surface area contributed by atoms with Crippen molar-refractivity contribution in [2.45, 2.75) is 11.1 Å². The molecule has 1 aliphatic rings. The van der Waals surface area contributed by atoms with Crippen molar-refractivity contribution in [1.82, 2.24) is 4.31 Å². The highest BCUT2D eigenvalue weighted by molar-refractivity contribution is 7.90. The number of aliphatic imine (C=N–C) groups is 1. The van der Waals surface area contributed by atoms with E-state index >= 15 is 0 Å². The molecule has 0 fully saturated rings. The Bertz CT molecular complexity index is 1030. The van der Waals surface area contributed by atoms with Crippen LogP contribution >= 0.6 is 0 Å². The minimum Gasteiger partial charge on any atom is -0.267 e. The monoisotopic (exact) mass is 382 g/mol. The molecule has 0 aliphatic carbocycles. The summed E-state index contributed by atoms with van der Waals surface area (Å²) in [6, 6.07) is 9.30. The molecule has 0 atom stereocenters. The van der Waals surface area contributed by atoms with E-state index < -0.39 is 44.3 Å². The summed E-state index contributed by atoms with van der Waals surface area (Å²) < 4.78 is 64.2. The molecule has 6 nitrogen and oxygen atoms in total. The summed E-state index contributed by atoms with van der Waals surface area (Å²) in [4.78, 5) is 26.9. The van der Waals surface area contributed by atoms with Crippen molar-refractivity contribution in [3.8, 4) is 0 Å². The second-order valence-electron chi connectivity index (χ2n) is 5.18. The minimum absolute atomic E-state index is 0.258. The lowest BCUT2D eigenvalue weighted by atomic mass is 10.1. The predicted octanol–water partition coefficient (Wildman–Crippen LogP) is 3.00. The molecule has 0 unspecified atom stereocenters. The fraction of sp³-hybridized carbons (Fsp3) is 0.0625. The van der Waals surface area contributed by atoms with Gasteiger partial charge >= 0.3 is 12.2 Å². The average molecular weight is 382 g/mol. The van der Waals surface area contributed by atoms with Gasteiger partial charge in [0.15, 0.2) is 5.71 Å². The van der Waals surface area contributed by atoms with Crippen LogP contribution in [0.15, 0.2) is 64.5 Å². The molecule has 26 heavy (non-hydrogen) atoms. The Labute approximate surface area is 145 Å². The number of nitrogens with zero attached hydrogens (tertiary/aromatic N) is 2. The molecule has 3 rings (SSSR count). The number of alkyl halides is 3. The largest absolute Gasteiger partial charge is 0.434 e. The third-order valence-corrected chi connectivity index (χ3v) is 5.23. The second-order valence-corrected chi connectivity index (χ2v) is 6.93. The summed E-state index contributed by atoms with van der Waals surface area (Å²) in [5.74, 6) is -1.25. The Morgan fingerprint density at radius 1 is 0.962 bits per heavy atom. The van der Waals surface area contributed by atoms with Crippen LogP contribution in [-0.2, 0) is 10.0 Å². The maximum absolute atomic E-state index is 13.3. The van der Waals surface area contributed by atoms with Crippen LogP contribution in [-0.4, -0.2) is 36.5 Å². The number of halogens is 3. The van der Waals surface area contributed by atoms with Crippen LogP contribution < -0.4 is 0 Å². The lowest BCUT2D eigenvalue weighted by Crippen LogP contribution is -2.36. The van der Waals surface area contributed by atoms with E-state index in [1.165, 1.54) is 30.3 Å². The summed E-state index contributed by atoms with van der Waals surface area (Å²) in [6.45, 7) is 0. The SMILES string of the molecule is O=C(N=C(c1ccccc1)C(F)(F)F)N1C(=O)c2ccccc2S1(=O)=O. The lowest BCUT2D eigenvalue weighted by Gasteiger charge is -2.13. The van der Waals surface area contributed by atoms with E-state index in [2.05, 4.69) is 4.99 Å². The fourth-order valence-electron chi connectivity index (χ4n) is 2.40. The fourth-order valence-corrected chi connectivity index (χ4v) is 3.85. The van der Waals surface area contributed by atoms with Crippen LogP contribution in [0.5, 0.6) is 0 Å². The van der Waals surface area contributed by atoms with Gasteiger partial charge in [-0.05, 0) is 12.1 Å². The van der Waals surface area contributed by atoms with E-state index in [0.717, 1.165) is 24.3 Å². The molecule has 2 aromatic carbocycles. The molecule has 0 spiro atoms. The van der Waals surface area contributed by atoms with Crippen LogP contribution in [0.2, 0.25) is 0 Å². The van der Waals surface area contributed by atoms with E-state index in [4.69, 9.17) is 0 Å². The predicted molar refractivity (Wildman–Crippen MR) is 84.2 cm³/mol. The Hall–Kier alpha value is -3.01. The zero-order valence-electron chi connectivity index (χ0n) is 12.8. The van der Waals surface area contributed by atoms with Crippen molar-refractivity contribution in [2.75, 3.05) is 0 Å². The smallest absolute Gasteiger partial charge is 0.267 e. The molecule has 0 saturated carbocycles. The minimum atomic E-state index is -5.03. The third-order valence-electron chi connectivity index (χ3n) is 3.52. The number of sulfonamides is 1. The van der Waals surface area contributed by atoms with Crippen molar-refractivity contribution in [1.29, 1.82) is 0 Å². The van der Waals surface area contributed by atoms with Gasteiger partial charge in [0, 0.05) is 5.56 Å². The van der Waals surface area contributed by atoms with Crippen molar-refractivity contribution in [2.24, 2.45) is 4.99 Å². The van der Waals surface area contributed by atoms with Crippen molar-refractivity contribution in [3.05, 3.63) is 65.7 Å². The summed E-state index contributed by atoms with van der Waals surface area (Å²) in [7, 11) is -4.61. The number of amides is 3. The van der Waals surface area contributed by atoms with Crippen LogP contribution in [0.4, 0.5) is 18.0 Å². The highest BCUT2D eigenvalue weighted by atomic mass is 32.2. The molecule has 0 bridgehead atoms. The number of benzene rings is 2. The third kappa shape index (κ3) is 2.88. The molecule has 0 aromatic heterocycles. The number of rotatable bonds is 1. The summed E-state index contributed by atoms with van der Waals surface area (Å²) >= 11 is 0. The number of hydrogen-bond donors (Lipinski definition) is 0. The zero-order chi connectivity index (χ0) is 19.1. The molecule has 0 radical (unpaired) electrons. The topological polar surface area (TPSA) is 83.9 Å². The number of hydrogen-bond acceptors (Lipinski definition) is 4. The number of urea groups is 1. The van der Waals surface area contributed by atoms with Crippen LogP contribution in [0.25, 0.3) is 0 Å².